The number of halogens is 1. The number of likely N-dealkylation sites (tertiary alicyclic amines) is 1. The average molecular weight is 529 g/mol. The van der Waals surface area contributed by atoms with Crippen LogP contribution in [-0.4, -0.2) is 74.7 Å². The lowest BCUT2D eigenvalue weighted by atomic mass is 10.1. The Hall–Kier alpha value is -1.39. The van der Waals surface area contributed by atoms with Crippen LogP contribution in [0, 0.1) is 0 Å². The van der Waals surface area contributed by atoms with Gasteiger partial charge in [0.2, 0.25) is 5.91 Å². The van der Waals surface area contributed by atoms with Crippen molar-refractivity contribution in [1.82, 2.24) is 20.4 Å². The second kappa shape index (κ2) is 13.1. The SMILES string of the molecule is CN=C(NCCCC(=O)N1Cc2ccccc2C1)NC1CCN(CCOC)CC1.I. The number of carbonyl (C=O) groups excluding carboxylic acids is 1. The van der Waals surface area contributed by atoms with Crippen molar-refractivity contribution >= 4 is 35.8 Å². The van der Waals surface area contributed by atoms with Gasteiger partial charge in [-0.25, -0.2) is 0 Å². The number of rotatable bonds is 8. The molecular weight excluding hydrogens is 493 g/mol. The molecule has 3 rings (SSSR count). The summed E-state index contributed by atoms with van der Waals surface area (Å²) in [6.45, 7) is 6.22. The van der Waals surface area contributed by atoms with E-state index in [4.69, 9.17) is 4.74 Å². The zero-order valence-corrected chi connectivity index (χ0v) is 20.6. The normalized spacial score (nSPS) is 17.4. The third-order valence-corrected chi connectivity index (χ3v) is 5.82. The Labute approximate surface area is 197 Å². The van der Waals surface area contributed by atoms with E-state index in [1.54, 1.807) is 14.2 Å². The van der Waals surface area contributed by atoms with Gasteiger partial charge in [0.25, 0.3) is 0 Å². The van der Waals surface area contributed by atoms with Crippen molar-refractivity contribution < 1.29 is 9.53 Å². The third-order valence-electron chi connectivity index (χ3n) is 5.82. The van der Waals surface area contributed by atoms with Gasteiger partial charge in [0.15, 0.2) is 5.96 Å². The Morgan fingerprint density at radius 3 is 2.47 bits per heavy atom. The first-order valence-electron chi connectivity index (χ1n) is 10.7. The molecule has 0 aliphatic carbocycles. The highest BCUT2D eigenvalue weighted by molar-refractivity contribution is 14.0. The molecule has 1 saturated heterocycles. The topological polar surface area (TPSA) is 69.2 Å². The van der Waals surface area contributed by atoms with Crippen LogP contribution in [0.1, 0.15) is 36.8 Å². The number of amides is 1. The number of aliphatic imine (C=N–C) groups is 1. The summed E-state index contributed by atoms with van der Waals surface area (Å²) in [6.07, 6.45) is 3.59. The fourth-order valence-corrected chi connectivity index (χ4v) is 4.02. The van der Waals surface area contributed by atoms with Crippen molar-refractivity contribution in [3.05, 3.63) is 35.4 Å². The first-order chi connectivity index (χ1) is 14.2. The molecule has 0 aromatic heterocycles. The number of nitrogens with zero attached hydrogens (tertiary/aromatic N) is 3. The third kappa shape index (κ3) is 7.39. The number of piperidine rings is 1. The van der Waals surface area contributed by atoms with Crippen LogP contribution in [0.5, 0.6) is 0 Å². The first kappa shape index (κ1) is 24.9. The minimum absolute atomic E-state index is 0. The zero-order chi connectivity index (χ0) is 20.5. The van der Waals surface area contributed by atoms with Crippen LogP contribution >= 0.6 is 24.0 Å². The summed E-state index contributed by atoms with van der Waals surface area (Å²) in [7, 11) is 3.55. The summed E-state index contributed by atoms with van der Waals surface area (Å²) in [5.41, 5.74) is 2.55. The highest BCUT2D eigenvalue weighted by Gasteiger charge is 2.22. The minimum Gasteiger partial charge on any atom is -0.383 e. The molecule has 2 heterocycles. The molecule has 0 spiro atoms. The molecule has 30 heavy (non-hydrogen) atoms. The standard InChI is InChI=1S/C22H35N5O2.HI/c1-23-22(25-20-9-12-26(13-10-20)14-15-29-2)24-11-5-8-21(28)27-16-18-6-3-4-7-19(18)17-27;/h3-4,6-7,20H,5,8-17H2,1-2H3,(H2,23,24,25);1H. The number of nitrogens with one attached hydrogen (secondary N) is 2. The predicted molar refractivity (Wildman–Crippen MR) is 131 cm³/mol. The number of ether oxygens (including phenoxy) is 1. The van der Waals surface area contributed by atoms with E-state index in [-0.39, 0.29) is 29.9 Å². The second-order valence-corrected chi connectivity index (χ2v) is 7.87. The van der Waals surface area contributed by atoms with E-state index in [1.807, 2.05) is 17.0 Å². The predicted octanol–water partition coefficient (Wildman–Crippen LogP) is 2.20. The number of carbonyl (C=O) groups is 1. The van der Waals surface area contributed by atoms with E-state index in [2.05, 4.69) is 32.7 Å². The van der Waals surface area contributed by atoms with Crippen molar-refractivity contribution in [2.75, 3.05) is 46.9 Å². The molecule has 2 aliphatic rings. The van der Waals surface area contributed by atoms with Gasteiger partial charge >= 0.3 is 0 Å². The molecule has 0 radical (unpaired) electrons. The Morgan fingerprint density at radius 2 is 1.87 bits per heavy atom. The maximum absolute atomic E-state index is 12.5. The lowest BCUT2D eigenvalue weighted by molar-refractivity contribution is -0.131. The monoisotopic (exact) mass is 529 g/mol. The molecule has 2 N–H and O–H groups in total. The molecule has 1 aromatic rings. The summed E-state index contributed by atoms with van der Waals surface area (Å²) in [5, 5.41) is 6.88. The van der Waals surface area contributed by atoms with Gasteiger partial charge in [0.1, 0.15) is 0 Å². The number of methoxy groups -OCH3 is 1. The van der Waals surface area contributed by atoms with E-state index in [0.29, 0.717) is 12.5 Å². The molecule has 1 fully saturated rings. The van der Waals surface area contributed by atoms with Gasteiger partial charge in [-0.1, -0.05) is 24.3 Å². The van der Waals surface area contributed by atoms with Crippen molar-refractivity contribution in [2.45, 2.75) is 44.8 Å². The van der Waals surface area contributed by atoms with Crippen molar-refractivity contribution in [1.29, 1.82) is 0 Å². The summed E-state index contributed by atoms with van der Waals surface area (Å²) >= 11 is 0. The van der Waals surface area contributed by atoms with Gasteiger partial charge < -0.3 is 25.2 Å². The lowest BCUT2D eigenvalue weighted by Gasteiger charge is -2.32. The molecule has 0 unspecified atom stereocenters. The zero-order valence-electron chi connectivity index (χ0n) is 18.2. The minimum atomic E-state index is 0. The Bertz CT molecular complexity index is 667. The van der Waals surface area contributed by atoms with E-state index >= 15 is 0 Å². The van der Waals surface area contributed by atoms with E-state index in [9.17, 15) is 4.79 Å². The smallest absolute Gasteiger partial charge is 0.223 e. The van der Waals surface area contributed by atoms with Crippen LogP contribution in [0.15, 0.2) is 29.3 Å². The molecule has 0 atom stereocenters. The fraction of sp³-hybridized carbons (Fsp3) is 0.636. The summed E-state index contributed by atoms with van der Waals surface area (Å²) in [6, 6.07) is 8.76. The van der Waals surface area contributed by atoms with Crippen molar-refractivity contribution in [3.8, 4) is 0 Å². The van der Waals surface area contributed by atoms with Gasteiger partial charge in [-0.05, 0) is 30.4 Å². The van der Waals surface area contributed by atoms with Gasteiger partial charge in [-0.15, -0.1) is 24.0 Å². The van der Waals surface area contributed by atoms with Crippen LogP contribution in [0.3, 0.4) is 0 Å². The van der Waals surface area contributed by atoms with Gasteiger partial charge in [-0.3, -0.25) is 9.79 Å². The largest absolute Gasteiger partial charge is 0.383 e. The quantitative estimate of drug-likeness (QED) is 0.234. The highest BCUT2D eigenvalue weighted by atomic mass is 127. The Kier molecular flexibility index (Phi) is 10.9. The van der Waals surface area contributed by atoms with Crippen LogP contribution in [0.4, 0.5) is 0 Å². The van der Waals surface area contributed by atoms with Gasteiger partial charge in [-0.2, -0.15) is 0 Å². The molecule has 0 saturated carbocycles. The second-order valence-electron chi connectivity index (χ2n) is 7.87. The van der Waals surface area contributed by atoms with Crippen LogP contribution in [0.25, 0.3) is 0 Å². The van der Waals surface area contributed by atoms with Gasteiger partial charge in [0, 0.05) is 65.9 Å². The lowest BCUT2D eigenvalue weighted by Crippen LogP contribution is -2.49. The molecule has 2 aliphatic heterocycles. The van der Waals surface area contributed by atoms with Crippen molar-refractivity contribution in [2.24, 2.45) is 4.99 Å². The number of hydrogen-bond acceptors (Lipinski definition) is 4. The first-order valence-corrected chi connectivity index (χ1v) is 10.7. The number of benzene rings is 1. The van der Waals surface area contributed by atoms with Gasteiger partial charge in [0.05, 0.1) is 6.61 Å². The van der Waals surface area contributed by atoms with E-state index < -0.39 is 0 Å². The fourth-order valence-electron chi connectivity index (χ4n) is 4.02. The maximum atomic E-state index is 12.5. The maximum Gasteiger partial charge on any atom is 0.223 e. The molecule has 1 amide bonds. The van der Waals surface area contributed by atoms with Crippen LogP contribution < -0.4 is 10.6 Å². The van der Waals surface area contributed by atoms with Crippen molar-refractivity contribution in [3.63, 3.8) is 0 Å². The molecular formula is C22H36IN5O2. The summed E-state index contributed by atoms with van der Waals surface area (Å²) in [5.74, 6) is 1.07. The Balaban J connectivity index is 0.00000320. The molecule has 1 aromatic carbocycles. The molecule has 8 heteroatoms. The number of guanidine groups is 1. The molecule has 0 bridgehead atoms. The van der Waals surface area contributed by atoms with Crippen LogP contribution in [0.2, 0.25) is 0 Å². The number of fused-ring (bicyclic) bond motifs is 1. The Morgan fingerprint density at radius 1 is 1.20 bits per heavy atom. The number of hydrogen-bond donors (Lipinski definition) is 2. The van der Waals surface area contributed by atoms with Crippen LogP contribution in [-0.2, 0) is 22.6 Å². The average Bonchev–Trinajstić information content (AvgIpc) is 3.19. The summed E-state index contributed by atoms with van der Waals surface area (Å²) < 4.78 is 5.16. The van der Waals surface area contributed by atoms with E-state index in [1.165, 1.54) is 11.1 Å². The molecule has 168 valence electrons. The molecule has 7 nitrogen and oxygen atoms in total. The summed E-state index contributed by atoms with van der Waals surface area (Å²) in [4.78, 5) is 21.2. The van der Waals surface area contributed by atoms with E-state index in [0.717, 1.165) is 71.1 Å². The highest BCUT2D eigenvalue weighted by Crippen LogP contribution is 2.22.